The van der Waals surface area contributed by atoms with Crippen molar-refractivity contribution in [1.82, 2.24) is 10.2 Å². The first kappa shape index (κ1) is 14.3. The molecule has 0 radical (unpaired) electrons. The number of nitrogens with zero attached hydrogens (tertiary/aromatic N) is 1. The summed E-state index contributed by atoms with van der Waals surface area (Å²) in [7, 11) is 0. The van der Waals surface area contributed by atoms with Crippen molar-refractivity contribution in [2.75, 3.05) is 13.2 Å². The molecule has 0 aromatic rings. The van der Waals surface area contributed by atoms with E-state index in [0.717, 1.165) is 25.7 Å². The summed E-state index contributed by atoms with van der Waals surface area (Å²) in [6.07, 6.45) is 3.98. The Kier molecular flexibility index (Phi) is 4.80. The molecule has 19 heavy (non-hydrogen) atoms. The molecule has 5 nitrogen and oxygen atoms in total. The van der Waals surface area contributed by atoms with Crippen molar-refractivity contribution in [3.63, 3.8) is 0 Å². The van der Waals surface area contributed by atoms with Crippen LogP contribution in [-0.2, 0) is 14.3 Å². The van der Waals surface area contributed by atoms with E-state index in [1.54, 1.807) is 0 Å². The zero-order chi connectivity index (χ0) is 13.8. The maximum atomic E-state index is 12.6. The lowest BCUT2D eigenvalue weighted by Gasteiger charge is -2.37. The highest BCUT2D eigenvalue weighted by atomic mass is 16.5. The molecule has 0 bridgehead atoms. The highest BCUT2D eigenvalue weighted by Gasteiger charge is 2.35. The number of rotatable bonds is 3. The summed E-state index contributed by atoms with van der Waals surface area (Å²) in [5.74, 6) is 0.0845. The van der Waals surface area contributed by atoms with E-state index in [1.165, 1.54) is 0 Å². The van der Waals surface area contributed by atoms with Gasteiger partial charge in [-0.25, -0.2) is 0 Å². The third-order valence-corrected chi connectivity index (χ3v) is 3.97. The second-order valence-electron chi connectivity index (χ2n) is 5.55. The van der Waals surface area contributed by atoms with Crippen LogP contribution >= 0.6 is 0 Å². The molecule has 2 saturated heterocycles. The van der Waals surface area contributed by atoms with Gasteiger partial charge in [0.15, 0.2) is 0 Å². The minimum absolute atomic E-state index is 0.00518. The van der Waals surface area contributed by atoms with Crippen LogP contribution in [0, 0.1) is 0 Å². The van der Waals surface area contributed by atoms with E-state index in [-0.39, 0.29) is 30.0 Å². The molecule has 0 aromatic heterocycles. The Balaban J connectivity index is 2.08. The molecule has 2 amide bonds. The molecule has 2 rings (SSSR count). The fourth-order valence-corrected chi connectivity index (χ4v) is 2.96. The molecule has 2 heterocycles. The first-order valence-corrected chi connectivity index (χ1v) is 7.33. The molecule has 108 valence electrons. The predicted octanol–water partition coefficient (Wildman–Crippen LogP) is 1.07. The molecular weight excluding hydrogens is 244 g/mol. The van der Waals surface area contributed by atoms with Gasteiger partial charge in [-0.2, -0.15) is 0 Å². The first-order chi connectivity index (χ1) is 9.11. The third-order valence-electron chi connectivity index (χ3n) is 3.97. The lowest BCUT2D eigenvalue weighted by molar-refractivity contribution is -0.138. The Morgan fingerprint density at radius 1 is 1.42 bits per heavy atom. The van der Waals surface area contributed by atoms with Crippen molar-refractivity contribution in [2.24, 2.45) is 0 Å². The van der Waals surface area contributed by atoms with E-state index >= 15 is 0 Å². The van der Waals surface area contributed by atoms with Gasteiger partial charge in [0.1, 0.15) is 6.04 Å². The van der Waals surface area contributed by atoms with Crippen LogP contribution in [0.4, 0.5) is 0 Å². The maximum absolute atomic E-state index is 12.6. The number of hydrogen-bond donors (Lipinski definition) is 1. The molecule has 0 spiro atoms. The minimum Gasteiger partial charge on any atom is -0.378 e. The van der Waals surface area contributed by atoms with Crippen molar-refractivity contribution in [2.45, 2.75) is 64.1 Å². The number of nitrogens with one attached hydrogen (secondary N) is 1. The van der Waals surface area contributed by atoms with Gasteiger partial charge in [-0.1, -0.05) is 13.3 Å². The van der Waals surface area contributed by atoms with Crippen molar-refractivity contribution >= 4 is 11.8 Å². The van der Waals surface area contributed by atoms with Crippen LogP contribution in [0.15, 0.2) is 0 Å². The van der Waals surface area contributed by atoms with Gasteiger partial charge >= 0.3 is 0 Å². The monoisotopic (exact) mass is 268 g/mol. The Labute approximate surface area is 114 Å². The van der Waals surface area contributed by atoms with Crippen molar-refractivity contribution < 1.29 is 14.3 Å². The molecule has 3 atom stereocenters. The minimum atomic E-state index is -0.335. The smallest absolute Gasteiger partial charge is 0.245 e. The van der Waals surface area contributed by atoms with E-state index in [9.17, 15) is 9.59 Å². The maximum Gasteiger partial charge on any atom is 0.245 e. The summed E-state index contributed by atoms with van der Waals surface area (Å²) in [6.45, 7) is 5.32. The molecule has 2 fully saturated rings. The summed E-state index contributed by atoms with van der Waals surface area (Å²) < 4.78 is 5.54. The second kappa shape index (κ2) is 6.37. The van der Waals surface area contributed by atoms with Crippen molar-refractivity contribution in [1.29, 1.82) is 0 Å². The molecule has 0 aromatic carbocycles. The van der Waals surface area contributed by atoms with E-state index in [2.05, 4.69) is 5.32 Å². The van der Waals surface area contributed by atoms with E-state index in [0.29, 0.717) is 19.6 Å². The third kappa shape index (κ3) is 3.47. The van der Waals surface area contributed by atoms with Crippen LogP contribution in [0.5, 0.6) is 0 Å². The van der Waals surface area contributed by atoms with Gasteiger partial charge in [0, 0.05) is 25.6 Å². The topological polar surface area (TPSA) is 58.6 Å². The Hall–Kier alpha value is -1.10. The predicted molar refractivity (Wildman–Crippen MR) is 71.6 cm³/mol. The summed E-state index contributed by atoms with van der Waals surface area (Å²) in [4.78, 5) is 26.2. The lowest BCUT2D eigenvalue weighted by atomic mass is 10.0. The SMILES string of the molecule is CCCC1NC(=O)CCN(C2CCOC(C)C2)C1=O. The van der Waals surface area contributed by atoms with E-state index in [1.807, 2.05) is 18.7 Å². The van der Waals surface area contributed by atoms with Crippen LogP contribution in [0.25, 0.3) is 0 Å². The van der Waals surface area contributed by atoms with Crippen molar-refractivity contribution in [3.8, 4) is 0 Å². The summed E-state index contributed by atoms with van der Waals surface area (Å²) in [6, 6.07) is -0.110. The molecule has 2 aliphatic rings. The normalized spacial score (nSPS) is 32.9. The molecule has 1 N–H and O–H groups in total. The molecular formula is C14H24N2O3. The van der Waals surface area contributed by atoms with Gasteiger partial charge in [0.2, 0.25) is 11.8 Å². The number of carbonyl (C=O) groups excluding carboxylic acids is 2. The van der Waals surface area contributed by atoms with Crippen LogP contribution in [0.1, 0.15) is 46.0 Å². The standard InChI is InChI=1S/C14H24N2O3/c1-3-4-12-14(18)16(7-5-13(17)15-12)11-6-8-19-10(2)9-11/h10-12H,3-9H2,1-2H3,(H,15,17). The van der Waals surface area contributed by atoms with Crippen LogP contribution < -0.4 is 5.32 Å². The summed E-state index contributed by atoms with van der Waals surface area (Å²) >= 11 is 0. The fraction of sp³-hybridized carbons (Fsp3) is 0.857. The Bertz CT molecular complexity index is 346. The molecule has 0 aliphatic carbocycles. The highest BCUT2D eigenvalue weighted by Crippen LogP contribution is 2.22. The average Bonchev–Trinajstić information content (AvgIpc) is 2.51. The van der Waals surface area contributed by atoms with Gasteiger partial charge in [-0.3, -0.25) is 9.59 Å². The molecule has 3 unspecified atom stereocenters. The molecule has 5 heteroatoms. The number of hydrogen-bond acceptors (Lipinski definition) is 3. The van der Waals surface area contributed by atoms with E-state index < -0.39 is 0 Å². The fourth-order valence-electron chi connectivity index (χ4n) is 2.96. The van der Waals surface area contributed by atoms with Crippen LogP contribution in [0.2, 0.25) is 0 Å². The Morgan fingerprint density at radius 3 is 2.89 bits per heavy atom. The Morgan fingerprint density at radius 2 is 2.21 bits per heavy atom. The van der Waals surface area contributed by atoms with Gasteiger partial charge in [-0.05, 0) is 26.2 Å². The van der Waals surface area contributed by atoms with Gasteiger partial charge in [0.25, 0.3) is 0 Å². The number of ether oxygens (including phenoxy) is 1. The second-order valence-corrected chi connectivity index (χ2v) is 5.55. The lowest BCUT2D eigenvalue weighted by Crippen LogP contribution is -2.50. The summed E-state index contributed by atoms with van der Waals surface area (Å²) in [5.41, 5.74) is 0. The highest BCUT2D eigenvalue weighted by molar-refractivity contribution is 5.90. The first-order valence-electron chi connectivity index (χ1n) is 7.33. The van der Waals surface area contributed by atoms with Crippen molar-refractivity contribution in [3.05, 3.63) is 0 Å². The van der Waals surface area contributed by atoms with Crippen LogP contribution in [-0.4, -0.2) is 48.1 Å². The van der Waals surface area contributed by atoms with Gasteiger partial charge in [-0.15, -0.1) is 0 Å². The van der Waals surface area contributed by atoms with Crippen LogP contribution in [0.3, 0.4) is 0 Å². The number of carbonyl (C=O) groups is 2. The molecule has 2 aliphatic heterocycles. The quantitative estimate of drug-likeness (QED) is 0.833. The largest absolute Gasteiger partial charge is 0.378 e. The zero-order valence-electron chi connectivity index (χ0n) is 11.9. The number of amides is 2. The molecule has 0 saturated carbocycles. The van der Waals surface area contributed by atoms with E-state index in [4.69, 9.17) is 4.74 Å². The average molecular weight is 268 g/mol. The zero-order valence-corrected chi connectivity index (χ0v) is 11.9. The van der Waals surface area contributed by atoms with Gasteiger partial charge in [0.05, 0.1) is 6.10 Å². The summed E-state index contributed by atoms with van der Waals surface area (Å²) in [5, 5.41) is 2.85. The van der Waals surface area contributed by atoms with Gasteiger partial charge < -0.3 is 15.0 Å².